The number of carbonyl (C=O) groups is 1. The number of piperidine rings is 1. The first-order valence-corrected chi connectivity index (χ1v) is 9.88. The Morgan fingerprint density at radius 3 is 2.59 bits per heavy atom. The van der Waals surface area contributed by atoms with E-state index >= 15 is 0 Å². The average molecular weight is 365 g/mol. The van der Waals surface area contributed by atoms with Crippen molar-refractivity contribution >= 4 is 5.91 Å². The SMILES string of the molecule is Cc1cccc(Oc2ccc(C(=O)N3CCC[C@]4(CCC[C@H]4O)C3)cc2)c1. The molecule has 1 aliphatic heterocycles. The number of hydrogen-bond acceptors (Lipinski definition) is 3. The van der Waals surface area contributed by atoms with Crippen molar-refractivity contribution in [2.45, 2.75) is 45.1 Å². The minimum Gasteiger partial charge on any atom is -0.457 e. The number of aliphatic hydroxyl groups excluding tert-OH is 1. The van der Waals surface area contributed by atoms with Crippen LogP contribution in [0.25, 0.3) is 0 Å². The summed E-state index contributed by atoms with van der Waals surface area (Å²) < 4.78 is 5.87. The van der Waals surface area contributed by atoms with E-state index in [4.69, 9.17) is 4.74 Å². The Kier molecular flexibility index (Phi) is 4.92. The predicted octanol–water partition coefficient (Wildman–Crippen LogP) is 4.55. The summed E-state index contributed by atoms with van der Waals surface area (Å²) in [5.74, 6) is 1.57. The maximum absolute atomic E-state index is 13.0. The second-order valence-electron chi connectivity index (χ2n) is 8.04. The molecule has 1 amide bonds. The molecule has 2 atom stereocenters. The summed E-state index contributed by atoms with van der Waals surface area (Å²) >= 11 is 0. The summed E-state index contributed by atoms with van der Waals surface area (Å²) in [6.45, 7) is 3.48. The number of hydrogen-bond donors (Lipinski definition) is 1. The second-order valence-corrected chi connectivity index (χ2v) is 8.04. The lowest BCUT2D eigenvalue weighted by molar-refractivity contribution is -0.00535. The largest absolute Gasteiger partial charge is 0.457 e. The van der Waals surface area contributed by atoms with Gasteiger partial charge in [-0.15, -0.1) is 0 Å². The maximum atomic E-state index is 13.0. The molecule has 27 heavy (non-hydrogen) atoms. The first-order chi connectivity index (χ1) is 13.1. The fraction of sp³-hybridized carbons (Fsp3) is 0.435. The fourth-order valence-electron chi connectivity index (χ4n) is 4.59. The summed E-state index contributed by atoms with van der Waals surface area (Å²) in [6, 6.07) is 15.3. The Morgan fingerprint density at radius 2 is 1.89 bits per heavy atom. The summed E-state index contributed by atoms with van der Waals surface area (Å²) in [4.78, 5) is 14.9. The van der Waals surface area contributed by atoms with Gasteiger partial charge in [-0.2, -0.15) is 0 Å². The van der Waals surface area contributed by atoms with Crippen LogP contribution in [0.3, 0.4) is 0 Å². The molecule has 1 heterocycles. The van der Waals surface area contributed by atoms with Gasteiger partial charge in [-0.1, -0.05) is 18.6 Å². The van der Waals surface area contributed by atoms with E-state index in [1.54, 1.807) is 0 Å². The van der Waals surface area contributed by atoms with Gasteiger partial charge in [0.05, 0.1) is 6.10 Å². The molecule has 1 spiro atoms. The van der Waals surface area contributed by atoms with Crippen molar-refractivity contribution in [3.8, 4) is 11.5 Å². The highest BCUT2D eigenvalue weighted by Crippen LogP contribution is 2.45. The molecule has 0 aromatic heterocycles. The highest BCUT2D eigenvalue weighted by Gasteiger charge is 2.45. The molecule has 4 nitrogen and oxygen atoms in total. The quantitative estimate of drug-likeness (QED) is 0.868. The van der Waals surface area contributed by atoms with Gasteiger partial charge < -0.3 is 14.7 Å². The van der Waals surface area contributed by atoms with Gasteiger partial charge in [0.25, 0.3) is 5.91 Å². The Morgan fingerprint density at radius 1 is 1.11 bits per heavy atom. The molecule has 1 saturated carbocycles. The van der Waals surface area contributed by atoms with E-state index in [-0.39, 0.29) is 17.4 Å². The monoisotopic (exact) mass is 365 g/mol. The molecule has 1 saturated heterocycles. The normalized spacial score (nSPS) is 25.0. The zero-order valence-corrected chi connectivity index (χ0v) is 15.9. The van der Waals surface area contributed by atoms with Crippen molar-refractivity contribution in [3.05, 3.63) is 59.7 Å². The van der Waals surface area contributed by atoms with Crippen LogP contribution in [0.1, 0.15) is 48.0 Å². The average Bonchev–Trinajstić information content (AvgIpc) is 3.01. The molecule has 142 valence electrons. The molecule has 2 aliphatic rings. The summed E-state index contributed by atoms with van der Waals surface area (Å²) in [5.41, 5.74) is 1.74. The number of benzene rings is 2. The van der Waals surface area contributed by atoms with E-state index in [9.17, 15) is 9.90 Å². The lowest BCUT2D eigenvalue weighted by atomic mass is 9.76. The van der Waals surface area contributed by atoms with Crippen LogP contribution in [-0.2, 0) is 0 Å². The number of carbonyl (C=O) groups excluding carboxylic acids is 1. The van der Waals surface area contributed by atoms with Gasteiger partial charge in [-0.3, -0.25) is 4.79 Å². The molecule has 2 fully saturated rings. The summed E-state index contributed by atoms with van der Waals surface area (Å²) in [5, 5.41) is 10.4. The van der Waals surface area contributed by atoms with Crippen molar-refractivity contribution < 1.29 is 14.6 Å². The minimum absolute atomic E-state index is 0.0512. The van der Waals surface area contributed by atoms with Gasteiger partial charge in [0.2, 0.25) is 0 Å². The maximum Gasteiger partial charge on any atom is 0.253 e. The van der Waals surface area contributed by atoms with E-state index in [2.05, 4.69) is 0 Å². The lowest BCUT2D eigenvalue weighted by Gasteiger charge is -2.42. The second kappa shape index (κ2) is 7.35. The fourth-order valence-corrected chi connectivity index (χ4v) is 4.59. The topological polar surface area (TPSA) is 49.8 Å². The third kappa shape index (κ3) is 3.72. The van der Waals surface area contributed by atoms with Crippen molar-refractivity contribution in [1.82, 2.24) is 4.90 Å². The van der Waals surface area contributed by atoms with Crippen molar-refractivity contribution in [1.29, 1.82) is 0 Å². The number of amides is 1. The van der Waals surface area contributed by atoms with Crippen molar-refractivity contribution in [3.63, 3.8) is 0 Å². The molecule has 1 N–H and O–H groups in total. The van der Waals surface area contributed by atoms with E-state index in [1.807, 2.05) is 60.4 Å². The van der Waals surface area contributed by atoms with E-state index in [1.165, 1.54) is 0 Å². The third-order valence-electron chi connectivity index (χ3n) is 6.08. The molecule has 4 heteroatoms. The van der Waals surface area contributed by atoms with Crippen LogP contribution in [-0.4, -0.2) is 35.1 Å². The predicted molar refractivity (Wildman–Crippen MR) is 105 cm³/mol. The minimum atomic E-state index is -0.266. The Labute approximate surface area is 160 Å². The van der Waals surface area contributed by atoms with Gasteiger partial charge in [-0.05, 0) is 74.6 Å². The van der Waals surface area contributed by atoms with Crippen LogP contribution in [0.2, 0.25) is 0 Å². The first-order valence-electron chi connectivity index (χ1n) is 9.88. The zero-order valence-electron chi connectivity index (χ0n) is 15.9. The first kappa shape index (κ1) is 18.1. The molecule has 0 unspecified atom stereocenters. The van der Waals surface area contributed by atoms with Crippen LogP contribution in [0.4, 0.5) is 0 Å². The van der Waals surface area contributed by atoms with E-state index in [0.717, 1.165) is 55.7 Å². The van der Waals surface area contributed by atoms with Crippen LogP contribution in [0.5, 0.6) is 11.5 Å². The highest BCUT2D eigenvalue weighted by molar-refractivity contribution is 5.94. The molecular formula is C23H27NO3. The third-order valence-corrected chi connectivity index (χ3v) is 6.08. The van der Waals surface area contributed by atoms with Crippen molar-refractivity contribution in [2.75, 3.05) is 13.1 Å². The molecule has 0 bridgehead atoms. The number of aryl methyl sites for hydroxylation is 1. The highest BCUT2D eigenvalue weighted by atomic mass is 16.5. The van der Waals surface area contributed by atoms with Crippen LogP contribution >= 0.6 is 0 Å². The Hall–Kier alpha value is -2.33. The smallest absolute Gasteiger partial charge is 0.253 e. The molecule has 1 aliphatic carbocycles. The molecule has 2 aromatic carbocycles. The Balaban J connectivity index is 1.44. The molecule has 4 rings (SSSR count). The molecule has 0 radical (unpaired) electrons. The number of nitrogens with zero attached hydrogens (tertiary/aromatic N) is 1. The standard InChI is InChI=1S/C23H27NO3/c1-17-5-2-6-20(15-17)27-19-10-8-18(9-11-19)22(26)24-14-4-13-23(16-24)12-3-7-21(23)25/h2,5-6,8-11,15,21,25H,3-4,7,12-14,16H2,1H3/t21-,23-/m1/s1. The van der Waals surface area contributed by atoms with Gasteiger partial charge in [0.15, 0.2) is 0 Å². The van der Waals surface area contributed by atoms with E-state index < -0.39 is 0 Å². The number of aliphatic hydroxyl groups is 1. The van der Waals surface area contributed by atoms with Gasteiger partial charge in [0, 0.05) is 24.1 Å². The van der Waals surface area contributed by atoms with Crippen LogP contribution in [0.15, 0.2) is 48.5 Å². The molecular weight excluding hydrogens is 338 g/mol. The number of ether oxygens (including phenoxy) is 1. The van der Waals surface area contributed by atoms with Crippen LogP contribution < -0.4 is 4.74 Å². The number of likely N-dealkylation sites (tertiary alicyclic amines) is 1. The van der Waals surface area contributed by atoms with Gasteiger partial charge >= 0.3 is 0 Å². The summed E-state index contributed by atoms with van der Waals surface area (Å²) in [7, 11) is 0. The summed E-state index contributed by atoms with van der Waals surface area (Å²) in [6.07, 6.45) is 4.69. The van der Waals surface area contributed by atoms with Crippen LogP contribution in [0, 0.1) is 12.3 Å². The molecule has 2 aromatic rings. The lowest BCUT2D eigenvalue weighted by Crippen LogP contribution is -2.49. The van der Waals surface area contributed by atoms with Gasteiger partial charge in [0.1, 0.15) is 11.5 Å². The zero-order chi connectivity index (χ0) is 18.9. The number of rotatable bonds is 3. The van der Waals surface area contributed by atoms with Crippen molar-refractivity contribution in [2.24, 2.45) is 5.41 Å². The van der Waals surface area contributed by atoms with Gasteiger partial charge in [-0.25, -0.2) is 0 Å². The Bertz CT molecular complexity index is 817. The van der Waals surface area contributed by atoms with E-state index in [0.29, 0.717) is 12.1 Å².